The van der Waals surface area contributed by atoms with Gasteiger partial charge in [0.25, 0.3) is 0 Å². The lowest BCUT2D eigenvalue weighted by molar-refractivity contribution is 0.0210. The van der Waals surface area contributed by atoms with E-state index in [0.717, 1.165) is 29.6 Å². The molecule has 2 aromatic carbocycles. The lowest BCUT2D eigenvalue weighted by Crippen LogP contribution is -2.44. The number of aromatic nitrogens is 2. The van der Waals surface area contributed by atoms with Crippen LogP contribution in [0.5, 0.6) is 0 Å². The Morgan fingerprint density at radius 1 is 1.06 bits per heavy atom. The summed E-state index contributed by atoms with van der Waals surface area (Å²) in [6.45, 7) is 6.89. The van der Waals surface area contributed by atoms with Gasteiger partial charge in [0, 0.05) is 40.3 Å². The second-order valence-electron chi connectivity index (χ2n) is 9.08. The molecule has 1 fully saturated rings. The zero-order valence-corrected chi connectivity index (χ0v) is 20.4. The number of hydrogen-bond acceptors (Lipinski definition) is 6. The van der Waals surface area contributed by atoms with Gasteiger partial charge in [-0.05, 0) is 63.9 Å². The molecular formula is C24H27Cl2N5O2. The summed E-state index contributed by atoms with van der Waals surface area (Å²) in [5, 5.41) is 8.75. The van der Waals surface area contributed by atoms with Crippen LogP contribution in [-0.4, -0.2) is 45.7 Å². The number of nitrogens with zero attached hydrogens (tertiary/aromatic N) is 3. The summed E-state index contributed by atoms with van der Waals surface area (Å²) < 4.78 is 5.50. The minimum absolute atomic E-state index is 0.176. The highest BCUT2D eigenvalue weighted by Gasteiger charge is 2.27. The molecule has 0 aliphatic carbocycles. The van der Waals surface area contributed by atoms with Crippen LogP contribution in [0.1, 0.15) is 33.6 Å². The fourth-order valence-electron chi connectivity index (χ4n) is 3.72. The minimum atomic E-state index is -0.497. The molecule has 9 heteroatoms. The number of rotatable bonds is 4. The Labute approximate surface area is 203 Å². The number of halogens is 2. The first-order valence-corrected chi connectivity index (χ1v) is 11.7. The number of amides is 1. The number of carbonyl (C=O) groups is 1. The Balaban J connectivity index is 1.50. The predicted octanol–water partition coefficient (Wildman–Crippen LogP) is 6.49. The van der Waals surface area contributed by atoms with Crippen LogP contribution in [0.4, 0.5) is 22.2 Å². The molecule has 1 aliphatic heterocycles. The molecule has 7 nitrogen and oxygen atoms in total. The van der Waals surface area contributed by atoms with E-state index in [1.165, 1.54) is 0 Å². The van der Waals surface area contributed by atoms with E-state index in [0.29, 0.717) is 34.8 Å². The molecule has 1 aliphatic rings. The number of carbonyl (C=O) groups excluding carboxylic acids is 1. The summed E-state index contributed by atoms with van der Waals surface area (Å²) in [5.74, 6) is 1.19. The molecule has 1 amide bonds. The van der Waals surface area contributed by atoms with Gasteiger partial charge in [-0.1, -0.05) is 35.3 Å². The van der Waals surface area contributed by atoms with Crippen LogP contribution in [0.25, 0.3) is 10.9 Å². The fraction of sp³-hybridized carbons (Fsp3) is 0.375. The maximum atomic E-state index is 12.4. The number of piperidine rings is 1. The zero-order valence-electron chi connectivity index (χ0n) is 18.9. The topological polar surface area (TPSA) is 79.4 Å². The molecule has 4 rings (SSSR count). The summed E-state index contributed by atoms with van der Waals surface area (Å²) in [6.07, 6.45) is 1.33. The fourth-order valence-corrected chi connectivity index (χ4v) is 4.25. The van der Waals surface area contributed by atoms with Crippen LogP contribution < -0.4 is 10.6 Å². The molecule has 1 saturated heterocycles. The molecule has 2 heterocycles. The summed E-state index contributed by atoms with van der Waals surface area (Å²) >= 11 is 12.3. The lowest BCUT2D eigenvalue weighted by atomic mass is 10.1. The molecule has 1 aromatic heterocycles. The van der Waals surface area contributed by atoms with Gasteiger partial charge in [0.05, 0.1) is 5.52 Å². The van der Waals surface area contributed by atoms with Gasteiger partial charge >= 0.3 is 6.09 Å². The van der Waals surface area contributed by atoms with E-state index >= 15 is 0 Å². The smallest absolute Gasteiger partial charge is 0.410 e. The number of para-hydroxylation sites is 1. The number of fused-ring (bicyclic) bond motifs is 1. The van der Waals surface area contributed by atoms with Gasteiger partial charge in [-0.3, -0.25) is 0 Å². The lowest BCUT2D eigenvalue weighted by Gasteiger charge is -2.34. The van der Waals surface area contributed by atoms with Crippen LogP contribution >= 0.6 is 23.2 Å². The van der Waals surface area contributed by atoms with Gasteiger partial charge in [0.1, 0.15) is 11.4 Å². The second-order valence-corrected chi connectivity index (χ2v) is 9.95. The van der Waals surface area contributed by atoms with Crippen LogP contribution in [0.15, 0.2) is 42.5 Å². The van der Waals surface area contributed by atoms with E-state index in [9.17, 15) is 4.79 Å². The van der Waals surface area contributed by atoms with Crippen LogP contribution in [0, 0.1) is 0 Å². The number of nitrogens with one attached hydrogen (secondary N) is 2. The maximum absolute atomic E-state index is 12.4. The van der Waals surface area contributed by atoms with Crippen molar-refractivity contribution in [2.75, 3.05) is 23.7 Å². The molecular weight excluding hydrogens is 461 g/mol. The molecule has 0 saturated carbocycles. The van der Waals surface area contributed by atoms with Crippen molar-refractivity contribution >= 4 is 57.7 Å². The maximum Gasteiger partial charge on any atom is 0.410 e. The standard InChI is InChI=1S/C24H27Cl2N5O2/c1-24(2,3)33-23(32)31-10-8-17(9-11-31)27-21-19-6-4-5-7-20(19)29-22(30-21)28-18-13-15(25)12-16(26)14-18/h4-7,12-14,17H,8-11H2,1-3H3,(H2,27,28,29,30). The van der Waals surface area contributed by atoms with Crippen molar-refractivity contribution in [3.8, 4) is 0 Å². The van der Waals surface area contributed by atoms with Gasteiger partial charge < -0.3 is 20.3 Å². The van der Waals surface area contributed by atoms with E-state index < -0.39 is 5.60 Å². The summed E-state index contributed by atoms with van der Waals surface area (Å²) in [4.78, 5) is 23.5. The van der Waals surface area contributed by atoms with E-state index in [2.05, 4.69) is 15.6 Å². The predicted molar refractivity (Wildman–Crippen MR) is 134 cm³/mol. The van der Waals surface area contributed by atoms with Crippen molar-refractivity contribution < 1.29 is 9.53 Å². The summed E-state index contributed by atoms with van der Waals surface area (Å²) in [7, 11) is 0. The van der Waals surface area contributed by atoms with Gasteiger partial charge in [-0.15, -0.1) is 0 Å². The van der Waals surface area contributed by atoms with Gasteiger partial charge in [-0.25, -0.2) is 9.78 Å². The first-order valence-electron chi connectivity index (χ1n) is 10.9. The molecule has 2 N–H and O–H groups in total. The van der Waals surface area contributed by atoms with Gasteiger partial charge in [0.15, 0.2) is 0 Å². The quantitative estimate of drug-likeness (QED) is 0.437. The molecule has 0 atom stereocenters. The monoisotopic (exact) mass is 487 g/mol. The van der Waals surface area contributed by atoms with Crippen LogP contribution in [-0.2, 0) is 4.74 Å². The Bertz CT molecular complexity index is 1140. The van der Waals surface area contributed by atoms with E-state index in [1.807, 2.05) is 45.0 Å². The first kappa shape index (κ1) is 23.4. The van der Waals surface area contributed by atoms with E-state index in [1.54, 1.807) is 23.1 Å². The van der Waals surface area contributed by atoms with E-state index in [-0.39, 0.29) is 12.1 Å². The van der Waals surface area contributed by atoms with Crippen molar-refractivity contribution in [3.63, 3.8) is 0 Å². The van der Waals surface area contributed by atoms with Gasteiger partial charge in [-0.2, -0.15) is 4.98 Å². The van der Waals surface area contributed by atoms with Gasteiger partial charge in [0.2, 0.25) is 5.95 Å². The summed E-state index contributed by atoms with van der Waals surface area (Å²) in [5.41, 5.74) is 1.03. The third-order valence-electron chi connectivity index (χ3n) is 5.21. The SMILES string of the molecule is CC(C)(C)OC(=O)N1CCC(Nc2nc(Nc3cc(Cl)cc(Cl)c3)nc3ccccc23)CC1. The molecule has 0 bridgehead atoms. The highest BCUT2D eigenvalue weighted by atomic mass is 35.5. The number of hydrogen-bond donors (Lipinski definition) is 2. The van der Waals surface area contributed by atoms with Crippen molar-refractivity contribution in [3.05, 3.63) is 52.5 Å². The minimum Gasteiger partial charge on any atom is -0.444 e. The number of ether oxygens (including phenoxy) is 1. The summed E-state index contributed by atoms with van der Waals surface area (Å²) in [6, 6.07) is 13.2. The number of benzene rings is 2. The van der Waals surface area contributed by atoms with Crippen molar-refractivity contribution in [2.45, 2.75) is 45.3 Å². The molecule has 0 radical (unpaired) electrons. The molecule has 33 heavy (non-hydrogen) atoms. The third-order valence-corrected chi connectivity index (χ3v) is 5.65. The van der Waals surface area contributed by atoms with Crippen molar-refractivity contribution in [1.29, 1.82) is 0 Å². The highest BCUT2D eigenvalue weighted by Crippen LogP contribution is 2.28. The van der Waals surface area contributed by atoms with Crippen LogP contribution in [0.3, 0.4) is 0 Å². The van der Waals surface area contributed by atoms with E-state index in [4.69, 9.17) is 32.9 Å². The molecule has 0 spiro atoms. The Hall–Kier alpha value is -2.77. The Morgan fingerprint density at radius 3 is 2.39 bits per heavy atom. The Kier molecular flexibility index (Phi) is 6.81. The average Bonchev–Trinajstić information content (AvgIpc) is 2.72. The molecule has 0 unspecified atom stereocenters. The molecule has 3 aromatic rings. The largest absolute Gasteiger partial charge is 0.444 e. The first-order chi connectivity index (χ1) is 15.7. The number of likely N-dealkylation sites (tertiary alicyclic amines) is 1. The zero-order chi connectivity index (χ0) is 23.6. The van der Waals surface area contributed by atoms with Crippen molar-refractivity contribution in [2.24, 2.45) is 0 Å². The normalized spacial score (nSPS) is 14.9. The van der Waals surface area contributed by atoms with Crippen molar-refractivity contribution in [1.82, 2.24) is 14.9 Å². The number of anilines is 3. The third kappa shape index (κ3) is 6.18. The average molecular weight is 488 g/mol. The van der Waals surface area contributed by atoms with Crippen LogP contribution in [0.2, 0.25) is 10.0 Å². The highest BCUT2D eigenvalue weighted by molar-refractivity contribution is 6.35. The Morgan fingerprint density at radius 2 is 1.73 bits per heavy atom. The second kappa shape index (κ2) is 9.61. The molecule has 174 valence electrons.